The van der Waals surface area contributed by atoms with Gasteiger partial charge in [0, 0.05) is 23.8 Å². The first kappa shape index (κ1) is 35.8. The third kappa shape index (κ3) is 8.32. The van der Waals surface area contributed by atoms with Crippen LogP contribution in [0.5, 0.6) is 11.5 Å². The number of alkyl halides is 4. The monoisotopic (exact) mass is 659 g/mol. The zero-order chi connectivity index (χ0) is 33.3. The Morgan fingerprint density at radius 3 is 2.00 bits per heavy atom. The van der Waals surface area contributed by atoms with Crippen LogP contribution in [0.2, 0.25) is 18.1 Å². The van der Waals surface area contributed by atoms with Crippen molar-refractivity contribution in [1.29, 1.82) is 0 Å². The lowest BCUT2D eigenvalue weighted by Crippen LogP contribution is -2.53. The zero-order valence-corrected chi connectivity index (χ0v) is 27.9. The molecule has 0 amide bonds. The van der Waals surface area contributed by atoms with Gasteiger partial charge < -0.3 is 13.7 Å². The van der Waals surface area contributed by atoms with Gasteiger partial charge in [0.15, 0.2) is 5.82 Å². The van der Waals surface area contributed by atoms with Gasteiger partial charge in [-0.15, -0.1) is 4.72 Å². The third-order valence-corrected chi connectivity index (χ3v) is 13.6. The van der Waals surface area contributed by atoms with Crippen molar-refractivity contribution >= 4 is 19.7 Å². The van der Waals surface area contributed by atoms with E-state index in [9.17, 15) is 22.1 Å². The van der Waals surface area contributed by atoms with E-state index in [4.69, 9.17) is 4.43 Å². The highest BCUT2D eigenvalue weighted by atomic mass is 32.2. The molecule has 0 saturated heterocycles. The van der Waals surface area contributed by atoms with Crippen LogP contribution >= 0.6 is 0 Å². The van der Waals surface area contributed by atoms with Crippen LogP contribution in [-0.2, 0) is 23.3 Å². The zero-order valence-electron chi connectivity index (χ0n) is 26.0. The molecule has 1 N–H and O–H groups in total. The van der Waals surface area contributed by atoms with Gasteiger partial charge in [0.25, 0.3) is 8.32 Å². The van der Waals surface area contributed by atoms with Crippen molar-refractivity contribution in [2.45, 2.75) is 88.9 Å². The van der Waals surface area contributed by atoms with E-state index in [0.717, 1.165) is 18.2 Å². The summed E-state index contributed by atoms with van der Waals surface area (Å²) < 4.78 is 111. The summed E-state index contributed by atoms with van der Waals surface area (Å²) in [7, 11) is -2.47. The molecular weight excluding hydrogens is 620 g/mol. The van der Waals surface area contributed by atoms with Crippen molar-refractivity contribution < 1.29 is 40.1 Å². The van der Waals surface area contributed by atoms with E-state index in [1.807, 2.05) is 33.9 Å². The smallest absolute Gasteiger partial charge is 0.461 e. The maximum atomic E-state index is 15.9. The van der Waals surface area contributed by atoms with Gasteiger partial charge in [-0.2, -0.15) is 17.6 Å². The molecule has 44 heavy (non-hydrogen) atoms. The van der Waals surface area contributed by atoms with E-state index >= 15 is 8.78 Å². The first-order valence-corrected chi connectivity index (χ1v) is 18.0. The molecule has 0 unspecified atom stereocenters. The Labute approximate surface area is 259 Å². The number of benzene rings is 3. The lowest BCUT2D eigenvalue weighted by molar-refractivity contribution is -0.253. The fraction of sp³-hybridized carbons (Fsp3) is 0.438. The predicted octanol–water partition coefficient (Wildman–Crippen LogP) is 9.12. The largest absolute Gasteiger partial charge is 0.598 e. The number of nitrogens with one attached hydrogen (secondary N) is 1. The van der Waals surface area contributed by atoms with Crippen molar-refractivity contribution in [1.82, 2.24) is 4.72 Å². The molecule has 0 aliphatic carbocycles. The fourth-order valence-corrected chi connectivity index (χ4v) is 6.04. The molecule has 0 bridgehead atoms. The van der Waals surface area contributed by atoms with Crippen LogP contribution in [-0.4, -0.2) is 30.2 Å². The highest BCUT2D eigenvalue weighted by molar-refractivity contribution is 7.90. The third-order valence-electron chi connectivity index (χ3n) is 7.60. The molecule has 0 aromatic heterocycles. The van der Waals surface area contributed by atoms with Gasteiger partial charge >= 0.3 is 12.5 Å². The van der Waals surface area contributed by atoms with Gasteiger partial charge in [0.1, 0.15) is 27.6 Å². The van der Waals surface area contributed by atoms with Crippen molar-refractivity contribution in [2.75, 3.05) is 0 Å². The summed E-state index contributed by atoms with van der Waals surface area (Å²) in [6.07, 6.45) is -9.16. The van der Waals surface area contributed by atoms with Crippen molar-refractivity contribution in [3.8, 4) is 11.5 Å². The number of ether oxygens (including phenoxy) is 1. The van der Waals surface area contributed by atoms with Gasteiger partial charge in [-0.05, 0) is 79.9 Å². The molecule has 242 valence electrons. The molecular formula is C32H39F6NO3SSi. The van der Waals surface area contributed by atoms with Crippen LogP contribution in [0.25, 0.3) is 0 Å². The Bertz CT molecular complexity index is 1430. The molecule has 3 rings (SSSR count). The van der Waals surface area contributed by atoms with Gasteiger partial charge in [-0.25, -0.2) is 8.78 Å². The second-order valence-electron chi connectivity index (χ2n) is 13.2. The molecule has 0 radical (unpaired) electrons. The molecule has 0 aliphatic rings. The van der Waals surface area contributed by atoms with Crippen LogP contribution in [0.3, 0.4) is 0 Å². The van der Waals surface area contributed by atoms with E-state index in [-0.39, 0.29) is 28.3 Å². The number of halogens is 6. The van der Waals surface area contributed by atoms with Crippen molar-refractivity contribution in [2.24, 2.45) is 0 Å². The van der Waals surface area contributed by atoms with E-state index in [1.54, 1.807) is 51.1 Å². The summed E-state index contributed by atoms with van der Waals surface area (Å²) in [6.45, 7) is 15.0. The standard InChI is InChI=1S/C32H39F6NO3SSi/c1-29(2,3)43(40)39-31(20-21-12-10-9-11-13-21,23-16-24(33)19-25(17-23)41-32(37,38)28(35)36)22-14-15-27(26(34)18-22)42-44(7,8)30(4,5)6/h9-19,28,39H,20H2,1-8H3/t31-,43+/m0/s1. The average Bonchev–Trinajstić information content (AvgIpc) is 2.88. The van der Waals surface area contributed by atoms with E-state index < -0.39 is 59.9 Å². The van der Waals surface area contributed by atoms with Gasteiger partial charge in [0.05, 0.1) is 0 Å². The highest BCUT2D eigenvalue weighted by Crippen LogP contribution is 2.42. The Hall–Kier alpha value is -2.67. The predicted molar refractivity (Wildman–Crippen MR) is 164 cm³/mol. The summed E-state index contributed by atoms with van der Waals surface area (Å²) in [6, 6.07) is 15.3. The molecule has 0 spiro atoms. The molecule has 0 saturated carbocycles. The molecule has 3 aromatic rings. The average molecular weight is 660 g/mol. The first-order chi connectivity index (χ1) is 20.1. The second kappa shape index (κ2) is 13.0. The SMILES string of the molecule is CC(C)(C)[S@@+]([O-])N[C@](Cc1ccccc1)(c1cc(F)cc(OC(F)(F)C(F)F)c1)c1ccc(O[Si](C)(C)C(C)(C)C)c(F)c1. The Morgan fingerprint density at radius 1 is 0.864 bits per heavy atom. The maximum Gasteiger partial charge on any atom is 0.461 e. The van der Waals surface area contributed by atoms with Crippen LogP contribution in [0.1, 0.15) is 58.2 Å². The summed E-state index contributed by atoms with van der Waals surface area (Å²) in [4.78, 5) is 0. The Kier molecular flexibility index (Phi) is 10.6. The molecule has 3 aromatic carbocycles. The minimum atomic E-state index is -4.91. The number of hydrogen-bond acceptors (Lipinski definition) is 4. The van der Waals surface area contributed by atoms with E-state index in [2.05, 4.69) is 9.46 Å². The fourth-order valence-electron chi connectivity index (χ4n) is 4.08. The summed E-state index contributed by atoms with van der Waals surface area (Å²) in [5.41, 5.74) is -1.03. The van der Waals surface area contributed by atoms with Crippen LogP contribution in [0.15, 0.2) is 66.7 Å². The molecule has 12 heteroatoms. The first-order valence-electron chi connectivity index (χ1n) is 14.0. The topological polar surface area (TPSA) is 53.5 Å². The molecule has 4 nitrogen and oxygen atoms in total. The summed E-state index contributed by atoms with van der Waals surface area (Å²) >= 11 is -1.89. The normalized spacial score (nSPS) is 15.2. The summed E-state index contributed by atoms with van der Waals surface area (Å²) in [5, 5.41) is -0.238. The molecule has 2 atom stereocenters. The van der Waals surface area contributed by atoms with Crippen LogP contribution < -0.4 is 13.9 Å². The van der Waals surface area contributed by atoms with E-state index in [0.29, 0.717) is 11.6 Å². The van der Waals surface area contributed by atoms with Crippen molar-refractivity contribution in [3.63, 3.8) is 0 Å². The van der Waals surface area contributed by atoms with Gasteiger partial charge in [-0.1, -0.05) is 57.2 Å². The minimum absolute atomic E-state index is 0.00858. The van der Waals surface area contributed by atoms with Gasteiger partial charge in [-0.3, -0.25) is 0 Å². The number of hydrogen-bond donors (Lipinski definition) is 1. The van der Waals surface area contributed by atoms with Crippen LogP contribution in [0, 0.1) is 11.6 Å². The quantitative estimate of drug-likeness (QED) is 0.127. The maximum absolute atomic E-state index is 15.9. The molecule has 0 heterocycles. The lowest BCUT2D eigenvalue weighted by atomic mass is 9.78. The minimum Gasteiger partial charge on any atom is -0.598 e. The van der Waals surface area contributed by atoms with E-state index in [1.165, 1.54) is 12.1 Å². The second-order valence-corrected chi connectivity index (χ2v) is 19.9. The van der Waals surface area contributed by atoms with Crippen LogP contribution in [0.4, 0.5) is 26.3 Å². The Balaban J connectivity index is 2.32. The number of rotatable bonds is 11. The molecule has 0 fully saturated rings. The lowest BCUT2D eigenvalue weighted by Gasteiger charge is -2.39. The highest BCUT2D eigenvalue weighted by Gasteiger charge is 2.46. The Morgan fingerprint density at radius 2 is 1.48 bits per heavy atom. The van der Waals surface area contributed by atoms with Gasteiger partial charge in [0.2, 0.25) is 0 Å². The molecule has 0 aliphatic heterocycles. The summed E-state index contributed by atoms with van der Waals surface area (Å²) in [5.74, 6) is -2.72. The van der Waals surface area contributed by atoms with Crippen molar-refractivity contribution in [3.05, 3.63) is 95.1 Å².